The van der Waals surface area contributed by atoms with E-state index in [2.05, 4.69) is 70.5 Å². The summed E-state index contributed by atoms with van der Waals surface area (Å²) in [6.45, 7) is 13.7. The van der Waals surface area contributed by atoms with Gasteiger partial charge in [0.25, 0.3) is 0 Å². The van der Waals surface area contributed by atoms with Gasteiger partial charge in [-0.25, -0.2) is 0 Å². The zero-order chi connectivity index (χ0) is 15.5. The van der Waals surface area contributed by atoms with Gasteiger partial charge in [0.05, 0.1) is 0 Å². The van der Waals surface area contributed by atoms with Crippen molar-refractivity contribution >= 4 is 15.9 Å². The summed E-state index contributed by atoms with van der Waals surface area (Å²) in [6, 6.07) is 8.85. The Labute approximate surface area is 138 Å². The number of hydrogen-bond donors (Lipinski definition) is 1. The molecular formula is C18H27BrN2. The van der Waals surface area contributed by atoms with Crippen LogP contribution in [0.3, 0.4) is 0 Å². The Morgan fingerprint density at radius 3 is 2.48 bits per heavy atom. The number of hydrogen-bond acceptors (Lipinski definition) is 2. The van der Waals surface area contributed by atoms with Gasteiger partial charge in [0.2, 0.25) is 0 Å². The van der Waals surface area contributed by atoms with Crippen LogP contribution >= 0.6 is 15.9 Å². The number of nitrogens with one attached hydrogen (secondary N) is 1. The molecule has 1 N–H and O–H groups in total. The highest BCUT2D eigenvalue weighted by Crippen LogP contribution is 2.25. The second-order valence-electron chi connectivity index (χ2n) is 5.15. The van der Waals surface area contributed by atoms with E-state index < -0.39 is 0 Å². The highest BCUT2D eigenvalue weighted by Gasteiger charge is 2.14. The van der Waals surface area contributed by atoms with Crippen LogP contribution in [-0.2, 0) is 0 Å². The third-order valence-corrected chi connectivity index (χ3v) is 4.15. The molecule has 0 spiro atoms. The lowest BCUT2D eigenvalue weighted by atomic mass is 10.0. The van der Waals surface area contributed by atoms with Gasteiger partial charge in [-0.2, -0.15) is 0 Å². The Morgan fingerprint density at radius 1 is 1.24 bits per heavy atom. The summed E-state index contributed by atoms with van der Waals surface area (Å²) in [5.41, 5.74) is 1.34. The van der Waals surface area contributed by atoms with Crippen LogP contribution in [0.2, 0.25) is 0 Å². The average Bonchev–Trinajstić information content (AvgIpc) is 2.49. The van der Waals surface area contributed by atoms with Gasteiger partial charge in [-0.1, -0.05) is 53.2 Å². The molecule has 1 aromatic carbocycles. The predicted molar refractivity (Wildman–Crippen MR) is 96.6 cm³/mol. The van der Waals surface area contributed by atoms with Crippen LogP contribution in [0.15, 0.2) is 54.0 Å². The van der Waals surface area contributed by atoms with E-state index in [1.165, 1.54) is 10.0 Å². The number of nitrogens with zero attached hydrogens (tertiary/aromatic N) is 1. The topological polar surface area (TPSA) is 15.3 Å². The molecule has 1 aromatic rings. The molecule has 0 saturated heterocycles. The fourth-order valence-electron chi connectivity index (χ4n) is 2.38. The molecule has 116 valence electrons. The molecule has 0 radical (unpaired) electrons. The zero-order valence-corrected chi connectivity index (χ0v) is 14.6. The molecule has 21 heavy (non-hydrogen) atoms. The molecule has 0 aliphatic rings. The van der Waals surface area contributed by atoms with Crippen LogP contribution in [0, 0.1) is 0 Å². The second-order valence-corrected chi connectivity index (χ2v) is 6.01. The molecule has 3 heteroatoms. The molecular weight excluding hydrogens is 324 g/mol. The first kappa shape index (κ1) is 18.1. The van der Waals surface area contributed by atoms with E-state index in [-0.39, 0.29) is 0 Å². The van der Waals surface area contributed by atoms with Crippen LogP contribution in [0.25, 0.3) is 0 Å². The first-order valence-corrected chi connectivity index (χ1v) is 8.44. The highest BCUT2D eigenvalue weighted by molar-refractivity contribution is 9.10. The van der Waals surface area contributed by atoms with Crippen molar-refractivity contribution < 1.29 is 0 Å². The molecule has 0 aromatic heterocycles. The maximum Gasteiger partial charge on any atom is 0.0343 e. The lowest BCUT2D eigenvalue weighted by molar-refractivity contribution is 0.307. The smallest absolute Gasteiger partial charge is 0.0343 e. The fraction of sp³-hybridized carbons (Fsp3) is 0.444. The Balaban J connectivity index is 2.71. The van der Waals surface area contributed by atoms with Crippen molar-refractivity contribution in [1.82, 2.24) is 10.2 Å². The fourth-order valence-corrected chi connectivity index (χ4v) is 2.94. The van der Waals surface area contributed by atoms with E-state index in [0.717, 1.165) is 39.0 Å². The summed E-state index contributed by atoms with van der Waals surface area (Å²) < 4.78 is 1.18. The van der Waals surface area contributed by atoms with Crippen LogP contribution in [0.4, 0.5) is 0 Å². The SMILES string of the molecule is C=CCN(CC=C)CCC(NCCC)c1ccccc1Br. The Bertz CT molecular complexity index is 421. The summed E-state index contributed by atoms with van der Waals surface area (Å²) in [7, 11) is 0. The lowest BCUT2D eigenvalue weighted by Crippen LogP contribution is -2.30. The molecule has 0 fully saturated rings. The number of benzene rings is 1. The maximum absolute atomic E-state index is 3.83. The van der Waals surface area contributed by atoms with Crippen molar-refractivity contribution in [1.29, 1.82) is 0 Å². The Kier molecular flexibility index (Phi) is 9.31. The number of halogens is 1. The molecule has 0 amide bonds. The first-order valence-electron chi connectivity index (χ1n) is 7.64. The minimum absolute atomic E-state index is 0.373. The minimum Gasteiger partial charge on any atom is -0.310 e. The average molecular weight is 351 g/mol. The van der Waals surface area contributed by atoms with E-state index >= 15 is 0 Å². The van der Waals surface area contributed by atoms with Crippen molar-refractivity contribution in [3.05, 3.63) is 59.6 Å². The van der Waals surface area contributed by atoms with E-state index in [1.54, 1.807) is 0 Å². The Morgan fingerprint density at radius 2 is 1.90 bits per heavy atom. The van der Waals surface area contributed by atoms with Crippen LogP contribution in [0.5, 0.6) is 0 Å². The summed E-state index contributed by atoms with van der Waals surface area (Å²) in [5, 5.41) is 3.66. The second kappa shape index (κ2) is 10.8. The van der Waals surface area contributed by atoms with Gasteiger partial charge in [-0.3, -0.25) is 4.90 Å². The van der Waals surface area contributed by atoms with E-state index in [9.17, 15) is 0 Å². The van der Waals surface area contributed by atoms with Crippen molar-refractivity contribution in [2.45, 2.75) is 25.8 Å². The standard InChI is InChI=1S/C18H27BrN2/c1-4-12-20-18(16-9-7-8-10-17(16)19)11-15-21(13-5-2)14-6-3/h5-10,18,20H,2-4,11-15H2,1H3. The minimum atomic E-state index is 0.373. The van der Waals surface area contributed by atoms with Crippen molar-refractivity contribution in [3.8, 4) is 0 Å². The van der Waals surface area contributed by atoms with Gasteiger partial charge in [-0.15, -0.1) is 13.2 Å². The first-order chi connectivity index (χ1) is 10.2. The molecule has 0 bridgehead atoms. The molecule has 2 nitrogen and oxygen atoms in total. The lowest BCUT2D eigenvalue weighted by Gasteiger charge is -2.25. The van der Waals surface area contributed by atoms with Crippen LogP contribution in [-0.4, -0.2) is 31.1 Å². The summed E-state index contributed by atoms with van der Waals surface area (Å²) in [4.78, 5) is 2.36. The van der Waals surface area contributed by atoms with Gasteiger partial charge >= 0.3 is 0 Å². The van der Waals surface area contributed by atoms with Crippen molar-refractivity contribution in [3.63, 3.8) is 0 Å². The van der Waals surface area contributed by atoms with Gasteiger partial charge in [-0.05, 0) is 31.0 Å². The summed E-state index contributed by atoms with van der Waals surface area (Å²) in [5.74, 6) is 0. The van der Waals surface area contributed by atoms with Crippen LogP contribution in [0.1, 0.15) is 31.4 Å². The maximum atomic E-state index is 3.83. The monoisotopic (exact) mass is 350 g/mol. The molecule has 0 aliphatic carbocycles. The summed E-state index contributed by atoms with van der Waals surface area (Å²) in [6.07, 6.45) is 6.13. The quantitative estimate of drug-likeness (QED) is 0.588. The molecule has 1 atom stereocenters. The molecule has 0 saturated carbocycles. The molecule has 0 aliphatic heterocycles. The van der Waals surface area contributed by atoms with Gasteiger partial charge in [0, 0.05) is 30.1 Å². The highest BCUT2D eigenvalue weighted by atomic mass is 79.9. The molecule has 1 unspecified atom stereocenters. The summed E-state index contributed by atoms with van der Waals surface area (Å²) >= 11 is 3.67. The largest absolute Gasteiger partial charge is 0.310 e. The zero-order valence-electron chi connectivity index (χ0n) is 13.0. The normalized spacial score (nSPS) is 12.3. The van der Waals surface area contributed by atoms with E-state index in [4.69, 9.17) is 0 Å². The molecule has 1 rings (SSSR count). The molecule has 0 heterocycles. The predicted octanol–water partition coefficient (Wildman–Crippen LogP) is 4.55. The van der Waals surface area contributed by atoms with Crippen molar-refractivity contribution in [2.75, 3.05) is 26.2 Å². The van der Waals surface area contributed by atoms with Gasteiger partial charge in [0.15, 0.2) is 0 Å². The van der Waals surface area contributed by atoms with Gasteiger partial charge < -0.3 is 5.32 Å². The third kappa shape index (κ3) is 6.60. The third-order valence-electron chi connectivity index (χ3n) is 3.43. The van der Waals surface area contributed by atoms with E-state index in [0.29, 0.717) is 6.04 Å². The van der Waals surface area contributed by atoms with E-state index in [1.807, 2.05) is 12.2 Å². The number of rotatable bonds is 11. The Hall–Kier alpha value is -0.900. The van der Waals surface area contributed by atoms with Gasteiger partial charge in [0.1, 0.15) is 0 Å². The van der Waals surface area contributed by atoms with Crippen LogP contribution < -0.4 is 5.32 Å². The van der Waals surface area contributed by atoms with Crippen molar-refractivity contribution in [2.24, 2.45) is 0 Å².